The molecule has 14 nitrogen and oxygen atoms in total. The van der Waals surface area contributed by atoms with Gasteiger partial charge in [-0.25, -0.2) is 0 Å². The number of amides is 4. The number of rotatable bonds is 29. The molecule has 0 aromatic rings. The highest BCUT2D eigenvalue weighted by Gasteiger charge is 2.34. The number of nitrogens with one attached hydrogen (secondary N) is 4. The molecule has 0 radical (unpaired) electrons. The van der Waals surface area contributed by atoms with Crippen molar-refractivity contribution in [3.05, 3.63) is 0 Å². The molecule has 1 atom stereocenters. The summed E-state index contributed by atoms with van der Waals surface area (Å²) < 4.78 is 21.3. The van der Waals surface area contributed by atoms with Crippen molar-refractivity contribution >= 4 is 29.6 Å². The molecule has 0 rings (SSSR count). The Balaban J connectivity index is 3.69. The standard InChI is InChI=1S/C32H60N4O10/c1-7-8-13-33-28(39)22-45-20-19-44-17-15-35-29(40)23-46-21-18-43-16-14-34-26(37)10-9-25(2)36-27(38)11-12-31(3,4)24-32(5,6)30(41)42/h25H,7-24H2,1-6H3,(H,33,39)(H,34,37)(H,35,40)(H,36,38)(H,41,42)/t25-/m1/s1. The van der Waals surface area contributed by atoms with E-state index in [1.165, 1.54) is 0 Å². The monoisotopic (exact) mass is 660 g/mol. The Morgan fingerprint density at radius 3 is 1.70 bits per heavy atom. The van der Waals surface area contributed by atoms with Crippen molar-refractivity contribution in [2.45, 2.75) is 92.5 Å². The van der Waals surface area contributed by atoms with Crippen molar-refractivity contribution in [1.29, 1.82) is 0 Å². The fourth-order valence-electron chi connectivity index (χ4n) is 4.47. The van der Waals surface area contributed by atoms with Crippen LogP contribution in [-0.4, -0.2) is 113 Å². The van der Waals surface area contributed by atoms with E-state index in [9.17, 15) is 29.1 Å². The Morgan fingerprint density at radius 1 is 0.674 bits per heavy atom. The number of carboxylic acid groups (broad SMARTS) is 1. The van der Waals surface area contributed by atoms with Gasteiger partial charge in [0.05, 0.1) is 45.1 Å². The highest BCUT2D eigenvalue weighted by molar-refractivity contribution is 5.78. The van der Waals surface area contributed by atoms with E-state index in [1.54, 1.807) is 13.8 Å². The minimum absolute atomic E-state index is 0.00152. The number of hydrogen-bond acceptors (Lipinski definition) is 9. The second-order valence-electron chi connectivity index (χ2n) is 12.8. The number of carboxylic acids is 1. The van der Waals surface area contributed by atoms with Gasteiger partial charge in [0.1, 0.15) is 13.2 Å². The molecule has 0 heterocycles. The highest BCUT2D eigenvalue weighted by Crippen LogP contribution is 2.37. The van der Waals surface area contributed by atoms with Crippen molar-refractivity contribution in [3.63, 3.8) is 0 Å². The van der Waals surface area contributed by atoms with Gasteiger partial charge in [-0.1, -0.05) is 27.2 Å². The summed E-state index contributed by atoms with van der Waals surface area (Å²) in [5, 5.41) is 20.5. The molecule has 4 amide bonds. The van der Waals surface area contributed by atoms with Crippen molar-refractivity contribution in [2.24, 2.45) is 10.8 Å². The Hall–Kier alpha value is -2.81. The smallest absolute Gasteiger partial charge is 0.309 e. The van der Waals surface area contributed by atoms with Crippen molar-refractivity contribution < 1.29 is 48.0 Å². The molecule has 14 heteroatoms. The summed E-state index contributed by atoms with van der Waals surface area (Å²) in [6.07, 6.45) is 4.03. The quantitative estimate of drug-likeness (QED) is 0.0740. The van der Waals surface area contributed by atoms with Crippen LogP contribution in [0.1, 0.15) is 86.5 Å². The lowest BCUT2D eigenvalue weighted by molar-refractivity contribution is -0.148. The molecule has 0 saturated carbocycles. The van der Waals surface area contributed by atoms with Crippen LogP contribution in [0.25, 0.3) is 0 Å². The molecule has 0 aromatic carbocycles. The van der Waals surface area contributed by atoms with Crippen LogP contribution in [0.15, 0.2) is 0 Å². The van der Waals surface area contributed by atoms with E-state index in [4.69, 9.17) is 18.9 Å². The van der Waals surface area contributed by atoms with Gasteiger partial charge in [0, 0.05) is 38.5 Å². The fraction of sp³-hybridized carbons (Fsp3) is 0.844. The van der Waals surface area contributed by atoms with E-state index in [1.807, 2.05) is 20.8 Å². The van der Waals surface area contributed by atoms with Crippen molar-refractivity contribution in [2.75, 3.05) is 72.5 Å². The van der Waals surface area contributed by atoms with E-state index in [-0.39, 0.29) is 67.9 Å². The zero-order valence-corrected chi connectivity index (χ0v) is 28.9. The predicted molar refractivity (Wildman–Crippen MR) is 173 cm³/mol. The predicted octanol–water partition coefficient (Wildman–Crippen LogP) is 1.79. The summed E-state index contributed by atoms with van der Waals surface area (Å²) in [6, 6.07) is -0.171. The average Bonchev–Trinajstić information content (AvgIpc) is 2.97. The first-order valence-corrected chi connectivity index (χ1v) is 16.3. The maximum Gasteiger partial charge on any atom is 0.309 e. The van der Waals surface area contributed by atoms with Gasteiger partial charge in [-0.15, -0.1) is 0 Å². The van der Waals surface area contributed by atoms with Gasteiger partial charge in [-0.05, 0) is 51.9 Å². The lowest BCUT2D eigenvalue weighted by atomic mass is 9.73. The average molecular weight is 661 g/mol. The second kappa shape index (κ2) is 25.3. The maximum absolute atomic E-state index is 12.3. The number of carbonyl (C=O) groups excluding carboxylic acids is 4. The van der Waals surface area contributed by atoms with Gasteiger partial charge in [0.25, 0.3) is 0 Å². The molecule has 0 fully saturated rings. The fourth-order valence-corrected chi connectivity index (χ4v) is 4.47. The Morgan fingerprint density at radius 2 is 1.17 bits per heavy atom. The number of hydrogen-bond donors (Lipinski definition) is 5. The van der Waals surface area contributed by atoms with Crippen LogP contribution in [0.3, 0.4) is 0 Å². The number of carbonyl (C=O) groups is 5. The number of ether oxygens (including phenoxy) is 4. The van der Waals surface area contributed by atoms with Gasteiger partial charge in [-0.2, -0.15) is 0 Å². The minimum Gasteiger partial charge on any atom is -0.481 e. The topological polar surface area (TPSA) is 191 Å². The molecular formula is C32H60N4O10. The van der Waals surface area contributed by atoms with Crippen LogP contribution in [0.5, 0.6) is 0 Å². The first kappa shape index (κ1) is 43.2. The Bertz CT molecular complexity index is 898. The molecule has 268 valence electrons. The van der Waals surface area contributed by atoms with Crippen LogP contribution in [0.2, 0.25) is 0 Å². The maximum atomic E-state index is 12.3. The van der Waals surface area contributed by atoms with Gasteiger partial charge in [-0.3, -0.25) is 24.0 Å². The third-order valence-electron chi connectivity index (χ3n) is 6.94. The van der Waals surface area contributed by atoms with E-state index in [2.05, 4.69) is 28.2 Å². The van der Waals surface area contributed by atoms with Crippen LogP contribution in [0.4, 0.5) is 0 Å². The molecule has 0 saturated heterocycles. The van der Waals surface area contributed by atoms with E-state index in [0.29, 0.717) is 71.7 Å². The summed E-state index contributed by atoms with van der Waals surface area (Å²) in [4.78, 5) is 59.1. The lowest BCUT2D eigenvalue weighted by Crippen LogP contribution is -2.36. The van der Waals surface area contributed by atoms with E-state index < -0.39 is 11.4 Å². The van der Waals surface area contributed by atoms with Gasteiger partial charge < -0.3 is 45.3 Å². The van der Waals surface area contributed by atoms with Crippen molar-refractivity contribution in [3.8, 4) is 0 Å². The lowest BCUT2D eigenvalue weighted by Gasteiger charge is -2.32. The molecule has 0 aliphatic heterocycles. The zero-order chi connectivity index (χ0) is 34.8. The summed E-state index contributed by atoms with van der Waals surface area (Å²) >= 11 is 0. The Kier molecular flexibility index (Phi) is 23.8. The van der Waals surface area contributed by atoms with Crippen molar-refractivity contribution in [1.82, 2.24) is 21.3 Å². The van der Waals surface area contributed by atoms with Gasteiger partial charge >= 0.3 is 5.97 Å². The van der Waals surface area contributed by atoms with E-state index in [0.717, 1.165) is 12.8 Å². The molecule has 0 aliphatic carbocycles. The Labute approximate surface area is 274 Å². The first-order chi connectivity index (χ1) is 21.7. The van der Waals surface area contributed by atoms with Crippen LogP contribution in [-0.2, 0) is 42.9 Å². The molecular weight excluding hydrogens is 600 g/mol. The zero-order valence-electron chi connectivity index (χ0n) is 28.9. The largest absolute Gasteiger partial charge is 0.481 e. The first-order valence-electron chi connectivity index (χ1n) is 16.3. The minimum atomic E-state index is -0.858. The third kappa shape index (κ3) is 25.4. The SMILES string of the molecule is CCCCNC(=O)COCCOCCNC(=O)COCCOCCNC(=O)CC[C@@H](C)NC(=O)CCC(C)(C)CC(C)(C)C(=O)O. The molecule has 5 N–H and O–H groups in total. The summed E-state index contributed by atoms with van der Waals surface area (Å²) in [7, 11) is 0. The molecule has 0 bridgehead atoms. The normalized spacial score (nSPS) is 12.3. The van der Waals surface area contributed by atoms with Gasteiger partial charge in [0.2, 0.25) is 23.6 Å². The van der Waals surface area contributed by atoms with Crippen LogP contribution >= 0.6 is 0 Å². The highest BCUT2D eigenvalue weighted by atomic mass is 16.5. The van der Waals surface area contributed by atoms with Gasteiger partial charge in [0.15, 0.2) is 0 Å². The number of aliphatic carboxylic acids is 1. The number of unbranched alkanes of at least 4 members (excludes halogenated alkanes) is 1. The second-order valence-corrected chi connectivity index (χ2v) is 12.8. The van der Waals surface area contributed by atoms with Crippen LogP contribution in [0, 0.1) is 10.8 Å². The molecule has 0 spiro atoms. The van der Waals surface area contributed by atoms with Crippen LogP contribution < -0.4 is 21.3 Å². The molecule has 0 aromatic heterocycles. The molecule has 0 aliphatic rings. The summed E-state index contributed by atoms with van der Waals surface area (Å²) in [5.41, 5.74) is -1.16. The summed E-state index contributed by atoms with van der Waals surface area (Å²) in [5.74, 6) is -1.53. The summed E-state index contributed by atoms with van der Waals surface area (Å²) in [6.45, 7) is 14.2. The molecule has 46 heavy (non-hydrogen) atoms. The molecule has 0 unspecified atom stereocenters. The van der Waals surface area contributed by atoms with E-state index >= 15 is 0 Å². The third-order valence-corrected chi connectivity index (χ3v) is 6.94.